The summed E-state index contributed by atoms with van der Waals surface area (Å²) in [7, 11) is 0. The van der Waals surface area contributed by atoms with Gasteiger partial charge in [0.2, 0.25) is 0 Å². The number of nitrogens with zero attached hydrogens (tertiary/aromatic N) is 4. The standard InChI is InChI=1S/C13H8N4/c1-2-8-14-11(3-1)4-5-12-7-10-17-13(16-12)6-9-15-17/h1-3,6-10H. The number of pyridine rings is 1. The molecule has 0 aliphatic heterocycles. The van der Waals surface area contributed by atoms with Gasteiger partial charge in [0.05, 0.1) is 6.20 Å². The molecule has 4 heteroatoms. The molecule has 4 nitrogen and oxygen atoms in total. The summed E-state index contributed by atoms with van der Waals surface area (Å²) in [6.07, 6.45) is 5.26. The lowest BCUT2D eigenvalue weighted by Gasteiger charge is -1.92. The average molecular weight is 220 g/mol. The predicted molar refractivity (Wildman–Crippen MR) is 63.2 cm³/mol. The van der Waals surface area contributed by atoms with Crippen LogP contribution in [0.1, 0.15) is 11.4 Å². The molecule has 3 heterocycles. The van der Waals surface area contributed by atoms with Gasteiger partial charge in [0, 0.05) is 18.5 Å². The molecular formula is C13H8N4. The zero-order valence-electron chi connectivity index (χ0n) is 8.91. The van der Waals surface area contributed by atoms with Gasteiger partial charge in [-0.15, -0.1) is 0 Å². The van der Waals surface area contributed by atoms with E-state index in [0.717, 1.165) is 11.3 Å². The summed E-state index contributed by atoms with van der Waals surface area (Å²) in [4.78, 5) is 8.48. The van der Waals surface area contributed by atoms with E-state index < -0.39 is 0 Å². The minimum absolute atomic E-state index is 0.712. The van der Waals surface area contributed by atoms with E-state index in [1.807, 2.05) is 36.5 Å². The number of hydrogen-bond acceptors (Lipinski definition) is 3. The monoisotopic (exact) mass is 220 g/mol. The van der Waals surface area contributed by atoms with Crippen molar-refractivity contribution in [1.82, 2.24) is 19.6 Å². The van der Waals surface area contributed by atoms with Crippen molar-refractivity contribution in [3.05, 3.63) is 60.3 Å². The summed E-state index contributed by atoms with van der Waals surface area (Å²) in [5.41, 5.74) is 2.24. The quantitative estimate of drug-likeness (QED) is 0.539. The molecular weight excluding hydrogens is 212 g/mol. The highest BCUT2D eigenvalue weighted by Crippen LogP contribution is 2.00. The van der Waals surface area contributed by atoms with Crippen LogP contribution in [-0.4, -0.2) is 19.6 Å². The molecule has 0 bridgehead atoms. The SMILES string of the molecule is C(#Cc1ccn2nccc2n1)c1ccccn1. The van der Waals surface area contributed by atoms with Crippen molar-refractivity contribution in [3.8, 4) is 11.8 Å². The maximum atomic E-state index is 4.35. The van der Waals surface area contributed by atoms with Crippen LogP contribution < -0.4 is 0 Å². The first-order valence-electron chi connectivity index (χ1n) is 5.15. The second-order valence-electron chi connectivity index (χ2n) is 3.41. The van der Waals surface area contributed by atoms with Crippen LogP contribution in [0.25, 0.3) is 5.65 Å². The molecule has 3 aromatic heterocycles. The molecule has 3 rings (SSSR count). The summed E-state index contributed by atoms with van der Waals surface area (Å²) in [5, 5.41) is 4.07. The molecule has 3 aromatic rings. The van der Waals surface area contributed by atoms with Gasteiger partial charge in [-0.1, -0.05) is 6.07 Å². The molecule has 0 radical (unpaired) electrons. The molecule has 17 heavy (non-hydrogen) atoms. The van der Waals surface area contributed by atoms with Crippen molar-refractivity contribution in [1.29, 1.82) is 0 Å². The molecule has 0 saturated carbocycles. The lowest BCUT2D eigenvalue weighted by Crippen LogP contribution is -1.91. The Morgan fingerprint density at radius 1 is 0.941 bits per heavy atom. The fourth-order valence-electron chi connectivity index (χ4n) is 1.45. The van der Waals surface area contributed by atoms with Gasteiger partial charge in [0.25, 0.3) is 0 Å². The summed E-state index contributed by atoms with van der Waals surface area (Å²) in [6.45, 7) is 0. The molecule has 0 amide bonds. The molecule has 0 N–H and O–H groups in total. The van der Waals surface area contributed by atoms with Crippen LogP contribution in [0.5, 0.6) is 0 Å². The third kappa shape index (κ3) is 1.99. The molecule has 0 aliphatic carbocycles. The Labute approximate surface area is 98.0 Å². The van der Waals surface area contributed by atoms with E-state index in [4.69, 9.17) is 0 Å². The maximum Gasteiger partial charge on any atom is 0.156 e. The smallest absolute Gasteiger partial charge is 0.156 e. The minimum atomic E-state index is 0.712. The molecule has 0 aliphatic rings. The van der Waals surface area contributed by atoms with Gasteiger partial charge in [-0.05, 0) is 30.0 Å². The number of hydrogen-bond donors (Lipinski definition) is 0. The fraction of sp³-hybridized carbons (Fsp3) is 0. The third-order valence-electron chi connectivity index (χ3n) is 2.24. The van der Waals surface area contributed by atoms with Crippen LogP contribution in [0, 0.1) is 11.8 Å². The van der Waals surface area contributed by atoms with Crippen LogP contribution in [0.2, 0.25) is 0 Å². The van der Waals surface area contributed by atoms with Crippen LogP contribution in [0.4, 0.5) is 0 Å². The minimum Gasteiger partial charge on any atom is -0.248 e. The van der Waals surface area contributed by atoms with Crippen molar-refractivity contribution in [2.24, 2.45) is 0 Å². The van der Waals surface area contributed by atoms with E-state index in [2.05, 4.69) is 26.9 Å². The van der Waals surface area contributed by atoms with Gasteiger partial charge in [-0.3, -0.25) is 0 Å². The van der Waals surface area contributed by atoms with Crippen LogP contribution in [-0.2, 0) is 0 Å². The van der Waals surface area contributed by atoms with Gasteiger partial charge in [-0.25, -0.2) is 14.5 Å². The van der Waals surface area contributed by atoms with Crippen molar-refractivity contribution < 1.29 is 0 Å². The van der Waals surface area contributed by atoms with Crippen LogP contribution in [0.15, 0.2) is 48.9 Å². The summed E-state index contributed by atoms with van der Waals surface area (Å²) < 4.78 is 1.70. The highest BCUT2D eigenvalue weighted by atomic mass is 15.2. The molecule has 0 fully saturated rings. The van der Waals surface area contributed by atoms with E-state index in [1.165, 1.54) is 0 Å². The van der Waals surface area contributed by atoms with Gasteiger partial charge in [0.1, 0.15) is 11.4 Å². The lowest BCUT2D eigenvalue weighted by atomic mass is 10.3. The predicted octanol–water partition coefficient (Wildman–Crippen LogP) is 1.52. The van der Waals surface area contributed by atoms with E-state index in [0.29, 0.717) is 5.69 Å². The van der Waals surface area contributed by atoms with Crippen molar-refractivity contribution in [3.63, 3.8) is 0 Å². The van der Waals surface area contributed by atoms with Crippen molar-refractivity contribution in [2.75, 3.05) is 0 Å². The lowest BCUT2D eigenvalue weighted by molar-refractivity contribution is 0.936. The van der Waals surface area contributed by atoms with Crippen molar-refractivity contribution >= 4 is 5.65 Å². The van der Waals surface area contributed by atoms with Gasteiger partial charge >= 0.3 is 0 Å². The number of fused-ring (bicyclic) bond motifs is 1. The Hall–Kier alpha value is -2.67. The molecule has 0 spiro atoms. The molecule has 0 atom stereocenters. The average Bonchev–Trinajstić information content (AvgIpc) is 2.85. The molecule has 0 saturated heterocycles. The highest BCUT2D eigenvalue weighted by Gasteiger charge is 1.95. The zero-order valence-corrected chi connectivity index (χ0v) is 8.91. The Bertz CT molecular complexity index is 704. The van der Waals surface area contributed by atoms with E-state index in [9.17, 15) is 0 Å². The van der Waals surface area contributed by atoms with Gasteiger partial charge in [-0.2, -0.15) is 5.10 Å². The van der Waals surface area contributed by atoms with Gasteiger partial charge in [0.15, 0.2) is 5.65 Å². The number of rotatable bonds is 0. The topological polar surface area (TPSA) is 43.1 Å². The van der Waals surface area contributed by atoms with Crippen LogP contribution >= 0.6 is 0 Å². The fourth-order valence-corrected chi connectivity index (χ4v) is 1.45. The van der Waals surface area contributed by atoms with E-state index in [1.54, 1.807) is 16.9 Å². The molecule has 0 unspecified atom stereocenters. The number of aromatic nitrogens is 4. The molecule has 80 valence electrons. The van der Waals surface area contributed by atoms with Crippen molar-refractivity contribution in [2.45, 2.75) is 0 Å². The highest BCUT2D eigenvalue weighted by molar-refractivity contribution is 5.42. The zero-order chi connectivity index (χ0) is 11.5. The van der Waals surface area contributed by atoms with Gasteiger partial charge < -0.3 is 0 Å². The summed E-state index contributed by atoms with van der Waals surface area (Å²) >= 11 is 0. The largest absolute Gasteiger partial charge is 0.248 e. The van der Waals surface area contributed by atoms with Crippen LogP contribution in [0.3, 0.4) is 0 Å². The Morgan fingerprint density at radius 2 is 1.88 bits per heavy atom. The Balaban J connectivity index is 1.97. The first-order chi connectivity index (χ1) is 8.42. The van der Waals surface area contributed by atoms with E-state index in [-0.39, 0.29) is 0 Å². The second-order valence-corrected chi connectivity index (χ2v) is 3.41. The summed E-state index contributed by atoms with van der Waals surface area (Å²) in [5.74, 6) is 5.94. The summed E-state index contributed by atoms with van der Waals surface area (Å²) in [6, 6.07) is 9.30. The maximum absolute atomic E-state index is 4.35. The first kappa shape index (κ1) is 9.55. The normalized spacial score (nSPS) is 9.88. The Kier molecular flexibility index (Phi) is 2.28. The molecule has 0 aromatic carbocycles. The third-order valence-corrected chi connectivity index (χ3v) is 2.24. The second kappa shape index (κ2) is 4.06. The Morgan fingerprint density at radius 3 is 2.76 bits per heavy atom. The first-order valence-corrected chi connectivity index (χ1v) is 5.15. The van der Waals surface area contributed by atoms with E-state index >= 15 is 0 Å².